The van der Waals surface area contributed by atoms with Crippen LogP contribution in [0.4, 0.5) is 18.3 Å². The number of nitrogens with one attached hydrogen (secondary N) is 1. The van der Waals surface area contributed by atoms with Gasteiger partial charge in [0.25, 0.3) is 0 Å². The molecular weight excluding hydrogens is 327 g/mol. The Bertz CT molecular complexity index is 607. The molecule has 0 aromatic carbocycles. The Hall–Kier alpha value is -1.35. The van der Waals surface area contributed by atoms with Gasteiger partial charge in [-0.15, -0.1) is 0 Å². The molecule has 10 heteroatoms. The first-order valence-corrected chi connectivity index (χ1v) is 7.30. The van der Waals surface area contributed by atoms with Gasteiger partial charge in [0.1, 0.15) is 5.82 Å². The molecule has 0 bridgehead atoms. The highest BCUT2D eigenvalue weighted by Gasteiger charge is 2.36. The van der Waals surface area contributed by atoms with Crippen molar-refractivity contribution >= 4 is 28.3 Å². The Kier molecular flexibility index (Phi) is 4.72. The van der Waals surface area contributed by atoms with Crippen molar-refractivity contribution in [3.8, 4) is 0 Å². The molecule has 0 saturated heterocycles. The van der Waals surface area contributed by atoms with Gasteiger partial charge < -0.3 is 5.32 Å². The van der Waals surface area contributed by atoms with Crippen LogP contribution in [0.1, 0.15) is 31.3 Å². The van der Waals surface area contributed by atoms with Gasteiger partial charge in [0.05, 0.1) is 11.6 Å². The Morgan fingerprint density at radius 1 is 1.43 bits per heavy atom. The van der Waals surface area contributed by atoms with Crippen LogP contribution in [0.3, 0.4) is 0 Å². The maximum Gasteiger partial charge on any atom is 0.436 e. The van der Waals surface area contributed by atoms with Crippen molar-refractivity contribution < 1.29 is 13.2 Å². The van der Waals surface area contributed by atoms with Crippen LogP contribution in [0.15, 0.2) is 6.20 Å². The average molecular weight is 340 g/mol. The van der Waals surface area contributed by atoms with E-state index in [1.807, 2.05) is 13.8 Å². The smallest absolute Gasteiger partial charge is 0.358 e. The monoisotopic (exact) mass is 339 g/mol. The number of halogens is 4. The zero-order valence-corrected chi connectivity index (χ0v) is 12.9. The van der Waals surface area contributed by atoms with E-state index in [1.54, 1.807) is 0 Å². The van der Waals surface area contributed by atoms with Crippen LogP contribution in [-0.4, -0.2) is 25.7 Å². The summed E-state index contributed by atoms with van der Waals surface area (Å²) in [5.74, 6) is 0.972. The summed E-state index contributed by atoms with van der Waals surface area (Å²) in [6, 6.07) is 0. The number of alkyl halides is 3. The first kappa shape index (κ1) is 16.0. The minimum absolute atomic E-state index is 0.232. The summed E-state index contributed by atoms with van der Waals surface area (Å²) in [6.45, 7) is 4.58. The van der Waals surface area contributed by atoms with Gasteiger partial charge in [0.15, 0.2) is 5.69 Å². The molecule has 21 heavy (non-hydrogen) atoms. The number of rotatable bonds is 5. The van der Waals surface area contributed by atoms with E-state index < -0.39 is 16.9 Å². The predicted molar refractivity (Wildman–Crippen MR) is 74.7 cm³/mol. The summed E-state index contributed by atoms with van der Waals surface area (Å²) in [6.07, 6.45) is -3.38. The molecule has 2 aromatic rings. The Morgan fingerprint density at radius 3 is 2.67 bits per heavy atom. The van der Waals surface area contributed by atoms with Gasteiger partial charge in [0.2, 0.25) is 5.13 Å². The Balaban J connectivity index is 1.91. The molecule has 0 aliphatic rings. The lowest BCUT2D eigenvalue weighted by atomic mass is 10.2. The second-order valence-corrected chi connectivity index (χ2v) is 5.78. The lowest BCUT2D eigenvalue weighted by molar-refractivity contribution is -0.141. The van der Waals surface area contributed by atoms with E-state index in [1.165, 1.54) is 11.5 Å². The third-order valence-corrected chi connectivity index (χ3v) is 3.52. The fourth-order valence-corrected chi connectivity index (χ4v) is 2.51. The van der Waals surface area contributed by atoms with Crippen LogP contribution in [0.25, 0.3) is 0 Å². The zero-order chi connectivity index (χ0) is 15.6. The van der Waals surface area contributed by atoms with Crippen LogP contribution in [-0.2, 0) is 12.7 Å². The molecule has 5 nitrogen and oxygen atoms in total. The van der Waals surface area contributed by atoms with Gasteiger partial charge in [-0.25, -0.2) is 4.98 Å². The maximum atomic E-state index is 12.5. The van der Waals surface area contributed by atoms with E-state index in [9.17, 15) is 13.2 Å². The molecule has 0 atom stereocenters. The lowest BCUT2D eigenvalue weighted by Crippen LogP contribution is -2.13. The van der Waals surface area contributed by atoms with Crippen LogP contribution >= 0.6 is 23.1 Å². The third kappa shape index (κ3) is 4.07. The molecule has 0 aliphatic carbocycles. The molecule has 0 unspecified atom stereocenters. The van der Waals surface area contributed by atoms with Crippen LogP contribution in [0, 0.1) is 0 Å². The van der Waals surface area contributed by atoms with Crippen molar-refractivity contribution in [3.05, 3.63) is 22.7 Å². The lowest BCUT2D eigenvalue weighted by Gasteiger charge is -2.03. The fraction of sp³-hybridized carbons (Fsp3) is 0.545. The quantitative estimate of drug-likeness (QED) is 0.903. The number of anilines is 1. The summed E-state index contributed by atoms with van der Waals surface area (Å²) < 4.78 is 42.9. The normalized spacial score (nSPS) is 12.1. The largest absolute Gasteiger partial charge is 0.436 e. The predicted octanol–water partition coefficient (Wildman–Crippen LogP) is 3.64. The van der Waals surface area contributed by atoms with E-state index in [0.29, 0.717) is 11.7 Å². The topological polar surface area (TPSA) is 55.6 Å². The van der Waals surface area contributed by atoms with E-state index >= 15 is 0 Å². The molecule has 2 rings (SSSR count). The van der Waals surface area contributed by atoms with Crippen LogP contribution in [0.5, 0.6) is 0 Å². The molecule has 1 N–H and O–H groups in total. The summed E-state index contributed by atoms with van der Waals surface area (Å²) in [5.41, 5.74) is -1.07. The standard InChI is InChI=1S/C11H13ClF3N5S/c1-6(2)9-17-10(21-19-9)16-3-4-20-5-7(12)8(18-20)11(13,14)15/h5-6H,3-4H2,1-2H3,(H,16,17,19). The number of nitrogens with zero attached hydrogens (tertiary/aromatic N) is 4. The van der Waals surface area contributed by atoms with Crippen molar-refractivity contribution in [2.24, 2.45) is 0 Å². The van der Waals surface area contributed by atoms with Gasteiger partial charge >= 0.3 is 6.18 Å². The van der Waals surface area contributed by atoms with Gasteiger partial charge in [0, 0.05) is 30.2 Å². The summed E-state index contributed by atoms with van der Waals surface area (Å²) in [4.78, 5) is 4.26. The van der Waals surface area contributed by atoms with Gasteiger partial charge in [-0.2, -0.15) is 22.6 Å². The van der Waals surface area contributed by atoms with Crippen LogP contribution < -0.4 is 5.32 Å². The van der Waals surface area contributed by atoms with E-state index in [4.69, 9.17) is 11.6 Å². The summed E-state index contributed by atoms with van der Waals surface area (Å²) >= 11 is 6.74. The Morgan fingerprint density at radius 2 is 2.14 bits per heavy atom. The molecule has 0 saturated carbocycles. The summed E-state index contributed by atoms with van der Waals surface area (Å²) in [7, 11) is 0. The first-order chi connectivity index (χ1) is 9.77. The highest BCUT2D eigenvalue weighted by Crippen LogP contribution is 2.33. The molecule has 2 aromatic heterocycles. The fourth-order valence-electron chi connectivity index (χ4n) is 1.52. The average Bonchev–Trinajstić information content (AvgIpc) is 2.95. The number of hydrogen-bond donors (Lipinski definition) is 1. The van der Waals surface area contributed by atoms with Gasteiger partial charge in [-0.3, -0.25) is 4.68 Å². The molecule has 0 fully saturated rings. The number of hydrogen-bond acceptors (Lipinski definition) is 5. The molecular formula is C11H13ClF3N5S. The first-order valence-electron chi connectivity index (χ1n) is 6.15. The van der Waals surface area contributed by atoms with Gasteiger partial charge in [-0.05, 0) is 0 Å². The van der Waals surface area contributed by atoms with E-state index in [2.05, 4.69) is 19.8 Å². The summed E-state index contributed by atoms with van der Waals surface area (Å²) in [5, 5.41) is 6.66. The molecule has 0 radical (unpaired) electrons. The SMILES string of the molecule is CC(C)c1nsc(NCCn2cc(Cl)c(C(F)(F)F)n2)n1. The van der Waals surface area contributed by atoms with Crippen molar-refractivity contribution in [3.63, 3.8) is 0 Å². The van der Waals surface area contributed by atoms with Crippen molar-refractivity contribution in [2.45, 2.75) is 32.5 Å². The minimum atomic E-state index is -4.54. The second-order valence-electron chi connectivity index (χ2n) is 4.63. The molecule has 2 heterocycles. The minimum Gasteiger partial charge on any atom is -0.358 e. The molecule has 0 aliphatic heterocycles. The zero-order valence-electron chi connectivity index (χ0n) is 11.3. The number of aromatic nitrogens is 4. The van der Waals surface area contributed by atoms with Crippen molar-refractivity contribution in [1.29, 1.82) is 0 Å². The highest BCUT2D eigenvalue weighted by molar-refractivity contribution is 7.09. The van der Waals surface area contributed by atoms with Crippen molar-refractivity contribution in [1.82, 2.24) is 19.1 Å². The third-order valence-electron chi connectivity index (χ3n) is 2.56. The van der Waals surface area contributed by atoms with Crippen LogP contribution in [0.2, 0.25) is 5.02 Å². The highest BCUT2D eigenvalue weighted by atomic mass is 35.5. The second kappa shape index (κ2) is 6.18. The van der Waals surface area contributed by atoms with Crippen molar-refractivity contribution in [2.75, 3.05) is 11.9 Å². The molecule has 0 spiro atoms. The van der Waals surface area contributed by atoms with E-state index in [0.717, 1.165) is 16.7 Å². The van der Waals surface area contributed by atoms with E-state index in [-0.39, 0.29) is 12.5 Å². The molecule has 116 valence electrons. The maximum absolute atomic E-state index is 12.5. The molecule has 0 amide bonds. The Labute approximate surface area is 128 Å². The van der Waals surface area contributed by atoms with Gasteiger partial charge in [-0.1, -0.05) is 25.4 Å².